The van der Waals surface area contributed by atoms with Gasteiger partial charge in [0, 0.05) is 22.3 Å². The lowest BCUT2D eigenvalue weighted by molar-refractivity contribution is 0.102. The van der Waals surface area contributed by atoms with Gasteiger partial charge in [-0.3, -0.25) is 4.79 Å². The molecule has 0 radical (unpaired) electrons. The highest BCUT2D eigenvalue weighted by Gasteiger charge is 2.05. The van der Waals surface area contributed by atoms with Gasteiger partial charge in [0.05, 0.1) is 0 Å². The molecule has 98 valence electrons. The number of carbonyl (C=O) groups excluding carboxylic acids is 1. The van der Waals surface area contributed by atoms with Crippen molar-refractivity contribution in [3.8, 4) is 0 Å². The summed E-state index contributed by atoms with van der Waals surface area (Å²) >= 11 is 3.33. The van der Waals surface area contributed by atoms with Crippen molar-refractivity contribution >= 4 is 27.5 Å². The minimum atomic E-state index is -0.137. The molecule has 1 amide bonds. The zero-order chi connectivity index (χ0) is 13.7. The lowest BCUT2D eigenvalue weighted by atomic mass is 10.1. The summed E-state index contributed by atoms with van der Waals surface area (Å²) in [7, 11) is 0. The summed E-state index contributed by atoms with van der Waals surface area (Å²) in [4.78, 5) is 12.0. The highest BCUT2D eigenvalue weighted by molar-refractivity contribution is 9.10. The molecule has 0 heterocycles. The molecule has 0 aliphatic heterocycles. The Labute approximate surface area is 120 Å². The van der Waals surface area contributed by atoms with E-state index in [0.717, 1.165) is 15.7 Å². The van der Waals surface area contributed by atoms with Gasteiger partial charge in [-0.15, -0.1) is 0 Å². The van der Waals surface area contributed by atoms with E-state index in [9.17, 15) is 4.79 Å². The fourth-order valence-electron chi connectivity index (χ4n) is 1.69. The van der Waals surface area contributed by atoms with Crippen molar-refractivity contribution in [3.63, 3.8) is 0 Å². The van der Waals surface area contributed by atoms with Gasteiger partial charge in [0.2, 0.25) is 0 Å². The van der Waals surface area contributed by atoms with Crippen LogP contribution in [0.3, 0.4) is 0 Å². The number of aliphatic hydroxyl groups excluding tert-OH is 1. The maximum absolute atomic E-state index is 12.0. The van der Waals surface area contributed by atoms with Crippen LogP contribution < -0.4 is 5.32 Å². The van der Waals surface area contributed by atoms with Gasteiger partial charge in [-0.1, -0.05) is 28.1 Å². The molecule has 0 bridgehead atoms. The Morgan fingerprint density at radius 2 is 1.68 bits per heavy atom. The quantitative estimate of drug-likeness (QED) is 0.909. The van der Waals surface area contributed by atoms with Crippen LogP contribution in [0.25, 0.3) is 0 Å². The Hall–Kier alpha value is -1.65. The smallest absolute Gasteiger partial charge is 0.255 e. The highest BCUT2D eigenvalue weighted by atomic mass is 79.9. The minimum Gasteiger partial charge on any atom is -0.396 e. The summed E-state index contributed by atoms with van der Waals surface area (Å²) in [5.74, 6) is -0.137. The molecule has 3 nitrogen and oxygen atoms in total. The highest BCUT2D eigenvalue weighted by Crippen LogP contribution is 2.14. The number of anilines is 1. The monoisotopic (exact) mass is 319 g/mol. The largest absolute Gasteiger partial charge is 0.396 e. The fourth-order valence-corrected chi connectivity index (χ4v) is 1.95. The maximum atomic E-state index is 12.0. The summed E-state index contributed by atoms with van der Waals surface area (Å²) in [5, 5.41) is 11.7. The SMILES string of the molecule is O=C(Nc1ccc(CCO)cc1)c1ccc(Br)cc1. The zero-order valence-electron chi connectivity index (χ0n) is 10.3. The van der Waals surface area contributed by atoms with Crippen LogP contribution in [-0.4, -0.2) is 17.6 Å². The first-order valence-corrected chi connectivity index (χ1v) is 6.75. The summed E-state index contributed by atoms with van der Waals surface area (Å²) in [6.45, 7) is 0.130. The molecule has 0 aliphatic rings. The summed E-state index contributed by atoms with van der Waals surface area (Å²) in [6.07, 6.45) is 0.626. The summed E-state index contributed by atoms with van der Waals surface area (Å²) < 4.78 is 0.942. The lowest BCUT2D eigenvalue weighted by Gasteiger charge is -2.06. The zero-order valence-corrected chi connectivity index (χ0v) is 11.9. The van der Waals surface area contributed by atoms with Gasteiger partial charge in [0.25, 0.3) is 5.91 Å². The number of benzene rings is 2. The topological polar surface area (TPSA) is 49.3 Å². The van der Waals surface area contributed by atoms with Gasteiger partial charge < -0.3 is 10.4 Å². The van der Waals surface area contributed by atoms with Crippen LogP contribution in [0.5, 0.6) is 0 Å². The second kappa shape index (κ2) is 6.50. The van der Waals surface area contributed by atoms with Gasteiger partial charge in [-0.2, -0.15) is 0 Å². The first kappa shape index (κ1) is 13.8. The molecule has 0 atom stereocenters. The van der Waals surface area contributed by atoms with Crippen LogP contribution in [0.2, 0.25) is 0 Å². The molecule has 2 aromatic rings. The maximum Gasteiger partial charge on any atom is 0.255 e. The summed E-state index contributed by atoms with van der Waals surface area (Å²) in [5.41, 5.74) is 2.40. The summed E-state index contributed by atoms with van der Waals surface area (Å²) in [6, 6.07) is 14.7. The molecule has 0 aliphatic carbocycles. The van der Waals surface area contributed by atoms with Gasteiger partial charge in [0.1, 0.15) is 0 Å². The normalized spacial score (nSPS) is 10.2. The van der Waals surface area contributed by atoms with E-state index in [0.29, 0.717) is 12.0 Å². The number of aliphatic hydroxyl groups is 1. The second-order valence-electron chi connectivity index (χ2n) is 4.13. The van der Waals surface area contributed by atoms with E-state index in [4.69, 9.17) is 5.11 Å². The molecule has 0 aromatic heterocycles. The van der Waals surface area contributed by atoms with Gasteiger partial charge in [0.15, 0.2) is 0 Å². The Bertz CT molecular complexity index is 549. The third-order valence-corrected chi connectivity index (χ3v) is 3.25. The van der Waals surface area contributed by atoms with E-state index in [1.54, 1.807) is 12.1 Å². The first-order chi connectivity index (χ1) is 9.19. The van der Waals surface area contributed by atoms with Crippen molar-refractivity contribution in [2.75, 3.05) is 11.9 Å². The predicted molar refractivity (Wildman–Crippen MR) is 79.3 cm³/mol. The average Bonchev–Trinajstić information content (AvgIpc) is 2.42. The van der Waals surface area contributed by atoms with Gasteiger partial charge >= 0.3 is 0 Å². The molecule has 19 heavy (non-hydrogen) atoms. The van der Waals surface area contributed by atoms with Crippen molar-refractivity contribution in [2.45, 2.75) is 6.42 Å². The van der Waals surface area contributed by atoms with E-state index in [1.165, 1.54) is 0 Å². The number of rotatable bonds is 4. The number of hydrogen-bond acceptors (Lipinski definition) is 2. The van der Waals surface area contributed by atoms with E-state index in [-0.39, 0.29) is 12.5 Å². The number of halogens is 1. The van der Waals surface area contributed by atoms with Crippen molar-refractivity contribution in [1.29, 1.82) is 0 Å². The van der Waals surface area contributed by atoms with Crippen molar-refractivity contribution in [3.05, 3.63) is 64.1 Å². The van der Waals surface area contributed by atoms with Gasteiger partial charge in [-0.05, 0) is 48.4 Å². The van der Waals surface area contributed by atoms with Crippen molar-refractivity contribution < 1.29 is 9.90 Å². The number of nitrogens with one attached hydrogen (secondary N) is 1. The van der Waals surface area contributed by atoms with E-state index < -0.39 is 0 Å². The Morgan fingerprint density at radius 3 is 2.26 bits per heavy atom. The third-order valence-electron chi connectivity index (χ3n) is 2.72. The Kier molecular flexibility index (Phi) is 4.71. The van der Waals surface area contributed by atoms with Crippen LogP contribution in [0.4, 0.5) is 5.69 Å². The fraction of sp³-hybridized carbons (Fsp3) is 0.133. The molecule has 0 fully saturated rings. The molecule has 0 unspecified atom stereocenters. The number of hydrogen-bond donors (Lipinski definition) is 2. The first-order valence-electron chi connectivity index (χ1n) is 5.96. The average molecular weight is 320 g/mol. The number of carbonyl (C=O) groups is 1. The van der Waals surface area contributed by atoms with Crippen LogP contribution in [0.15, 0.2) is 53.0 Å². The standard InChI is InChI=1S/C15H14BrNO2/c16-13-5-3-12(4-6-13)15(19)17-14-7-1-11(2-8-14)9-10-18/h1-8,18H,9-10H2,(H,17,19). The molecule has 2 N–H and O–H groups in total. The van der Waals surface area contributed by atoms with Gasteiger partial charge in [-0.25, -0.2) is 0 Å². The molecular weight excluding hydrogens is 306 g/mol. The predicted octanol–water partition coefficient (Wildman–Crippen LogP) is 3.24. The minimum absolute atomic E-state index is 0.130. The Balaban J connectivity index is 2.04. The molecule has 2 rings (SSSR count). The van der Waals surface area contributed by atoms with Crippen molar-refractivity contribution in [1.82, 2.24) is 0 Å². The van der Waals surface area contributed by atoms with Crippen LogP contribution >= 0.6 is 15.9 Å². The lowest BCUT2D eigenvalue weighted by Crippen LogP contribution is -2.11. The molecular formula is C15H14BrNO2. The molecule has 0 spiro atoms. The van der Waals surface area contributed by atoms with E-state index in [1.807, 2.05) is 36.4 Å². The van der Waals surface area contributed by atoms with Crippen LogP contribution in [0, 0.1) is 0 Å². The van der Waals surface area contributed by atoms with Crippen LogP contribution in [0.1, 0.15) is 15.9 Å². The van der Waals surface area contributed by atoms with Crippen molar-refractivity contribution in [2.24, 2.45) is 0 Å². The number of amides is 1. The second-order valence-corrected chi connectivity index (χ2v) is 5.05. The molecule has 0 saturated carbocycles. The van der Waals surface area contributed by atoms with Crippen LogP contribution in [-0.2, 0) is 6.42 Å². The molecule has 2 aromatic carbocycles. The van der Waals surface area contributed by atoms with E-state index >= 15 is 0 Å². The molecule has 4 heteroatoms. The third kappa shape index (κ3) is 3.91. The van der Waals surface area contributed by atoms with E-state index in [2.05, 4.69) is 21.2 Å². The molecule has 0 saturated heterocycles. The Morgan fingerprint density at radius 1 is 1.05 bits per heavy atom.